The average Bonchev–Trinajstić information content (AvgIpc) is 2.35. The van der Waals surface area contributed by atoms with Crippen LogP contribution in [0, 0.1) is 0 Å². The Labute approximate surface area is 102 Å². The van der Waals surface area contributed by atoms with E-state index in [1.165, 1.54) is 7.11 Å². The standard InChI is InChI=1S/C11H12BrNO3/c1-16-10(14)7-13-11(15)9-4-2-3-8(5-9)6-12/h2-5H,6-7H2,1H3,(H,13,15). The van der Waals surface area contributed by atoms with Crippen molar-refractivity contribution in [2.24, 2.45) is 0 Å². The fraction of sp³-hybridized carbons (Fsp3) is 0.273. The monoisotopic (exact) mass is 285 g/mol. The van der Waals surface area contributed by atoms with Gasteiger partial charge in [0.05, 0.1) is 7.11 Å². The summed E-state index contributed by atoms with van der Waals surface area (Å²) < 4.78 is 4.42. The van der Waals surface area contributed by atoms with Crippen LogP contribution in [-0.2, 0) is 14.9 Å². The van der Waals surface area contributed by atoms with E-state index in [-0.39, 0.29) is 12.5 Å². The summed E-state index contributed by atoms with van der Waals surface area (Å²) in [6.45, 7) is -0.117. The number of ether oxygens (including phenoxy) is 1. The number of hydrogen-bond acceptors (Lipinski definition) is 3. The van der Waals surface area contributed by atoms with Crippen LogP contribution in [0.2, 0.25) is 0 Å². The van der Waals surface area contributed by atoms with Crippen LogP contribution in [0.1, 0.15) is 15.9 Å². The van der Waals surface area contributed by atoms with Gasteiger partial charge in [0, 0.05) is 10.9 Å². The Kier molecular flexibility index (Phi) is 4.98. The van der Waals surface area contributed by atoms with E-state index < -0.39 is 5.97 Å². The number of halogens is 1. The zero-order valence-electron chi connectivity index (χ0n) is 8.83. The molecule has 0 aromatic heterocycles. The molecule has 16 heavy (non-hydrogen) atoms. The Morgan fingerprint density at radius 1 is 1.44 bits per heavy atom. The molecule has 1 N–H and O–H groups in total. The molecule has 1 amide bonds. The van der Waals surface area contributed by atoms with Crippen molar-refractivity contribution in [3.63, 3.8) is 0 Å². The maximum absolute atomic E-state index is 11.6. The third-order valence-corrected chi connectivity index (χ3v) is 2.61. The van der Waals surface area contributed by atoms with Crippen molar-refractivity contribution >= 4 is 27.8 Å². The zero-order valence-corrected chi connectivity index (χ0v) is 10.4. The van der Waals surface area contributed by atoms with E-state index >= 15 is 0 Å². The van der Waals surface area contributed by atoms with Gasteiger partial charge in [0.15, 0.2) is 0 Å². The molecule has 0 aliphatic rings. The van der Waals surface area contributed by atoms with Gasteiger partial charge in [0.25, 0.3) is 5.91 Å². The number of alkyl halides is 1. The SMILES string of the molecule is COC(=O)CNC(=O)c1cccc(CBr)c1. The maximum atomic E-state index is 11.6. The molecule has 4 nitrogen and oxygen atoms in total. The van der Waals surface area contributed by atoms with Crippen molar-refractivity contribution in [2.75, 3.05) is 13.7 Å². The third kappa shape index (κ3) is 3.66. The predicted octanol–water partition coefficient (Wildman–Crippen LogP) is 1.48. The maximum Gasteiger partial charge on any atom is 0.325 e. The highest BCUT2D eigenvalue weighted by Gasteiger charge is 2.07. The van der Waals surface area contributed by atoms with E-state index in [9.17, 15) is 9.59 Å². The minimum atomic E-state index is -0.468. The Hall–Kier alpha value is -1.36. The lowest BCUT2D eigenvalue weighted by molar-refractivity contribution is -0.139. The molecular weight excluding hydrogens is 274 g/mol. The highest BCUT2D eigenvalue weighted by Crippen LogP contribution is 2.08. The quantitative estimate of drug-likeness (QED) is 0.674. The number of nitrogens with one attached hydrogen (secondary N) is 1. The summed E-state index contributed by atoms with van der Waals surface area (Å²) >= 11 is 3.31. The number of carbonyl (C=O) groups excluding carboxylic acids is 2. The molecule has 1 aromatic carbocycles. The first-order chi connectivity index (χ1) is 7.67. The lowest BCUT2D eigenvalue weighted by Gasteiger charge is -2.04. The summed E-state index contributed by atoms with van der Waals surface area (Å²) in [5, 5.41) is 3.16. The molecule has 1 rings (SSSR count). The average molecular weight is 286 g/mol. The second-order valence-corrected chi connectivity index (χ2v) is 3.65. The zero-order chi connectivity index (χ0) is 12.0. The minimum Gasteiger partial charge on any atom is -0.468 e. The molecule has 0 aliphatic carbocycles. The molecule has 0 spiro atoms. The van der Waals surface area contributed by atoms with Gasteiger partial charge in [-0.2, -0.15) is 0 Å². The van der Waals surface area contributed by atoms with Gasteiger partial charge in [-0.15, -0.1) is 0 Å². The molecule has 0 saturated carbocycles. The van der Waals surface area contributed by atoms with Gasteiger partial charge in [-0.1, -0.05) is 28.1 Å². The molecule has 1 aromatic rings. The molecule has 0 unspecified atom stereocenters. The van der Waals surface area contributed by atoms with E-state index in [4.69, 9.17) is 0 Å². The van der Waals surface area contributed by atoms with Gasteiger partial charge in [-0.25, -0.2) is 0 Å². The number of benzene rings is 1. The van der Waals surface area contributed by atoms with Crippen LogP contribution in [0.4, 0.5) is 0 Å². The number of methoxy groups -OCH3 is 1. The fourth-order valence-corrected chi connectivity index (χ4v) is 1.47. The molecule has 86 valence electrons. The van der Waals surface area contributed by atoms with E-state index in [1.807, 2.05) is 6.07 Å². The third-order valence-electron chi connectivity index (χ3n) is 1.96. The first-order valence-corrected chi connectivity index (χ1v) is 5.79. The Bertz CT molecular complexity index is 393. The smallest absolute Gasteiger partial charge is 0.325 e. The summed E-state index contributed by atoms with van der Waals surface area (Å²) in [6, 6.07) is 7.16. The van der Waals surface area contributed by atoms with Gasteiger partial charge >= 0.3 is 5.97 Å². The Balaban J connectivity index is 2.62. The van der Waals surface area contributed by atoms with Gasteiger partial charge in [-0.3, -0.25) is 9.59 Å². The van der Waals surface area contributed by atoms with Gasteiger partial charge in [-0.05, 0) is 17.7 Å². The molecular formula is C11H12BrNO3. The Morgan fingerprint density at radius 2 is 2.19 bits per heavy atom. The van der Waals surface area contributed by atoms with Crippen LogP contribution in [0.3, 0.4) is 0 Å². The van der Waals surface area contributed by atoms with Crippen molar-refractivity contribution in [3.05, 3.63) is 35.4 Å². The number of rotatable bonds is 4. The van der Waals surface area contributed by atoms with E-state index in [1.54, 1.807) is 18.2 Å². The molecule has 0 heterocycles. The fourth-order valence-electron chi connectivity index (χ4n) is 1.12. The first-order valence-electron chi connectivity index (χ1n) is 4.67. The normalized spacial score (nSPS) is 9.62. The van der Waals surface area contributed by atoms with Crippen LogP contribution in [-0.4, -0.2) is 25.5 Å². The molecule has 5 heteroatoms. The minimum absolute atomic E-state index is 0.117. The van der Waals surface area contributed by atoms with Crippen molar-refractivity contribution in [1.82, 2.24) is 5.32 Å². The largest absolute Gasteiger partial charge is 0.468 e. The molecule has 0 saturated heterocycles. The molecule has 0 atom stereocenters. The number of esters is 1. The summed E-state index contributed by atoms with van der Waals surface area (Å²) in [4.78, 5) is 22.4. The van der Waals surface area contributed by atoms with Crippen molar-refractivity contribution in [2.45, 2.75) is 5.33 Å². The lowest BCUT2D eigenvalue weighted by atomic mass is 10.1. The van der Waals surface area contributed by atoms with E-state index in [0.717, 1.165) is 5.56 Å². The Morgan fingerprint density at radius 3 is 2.81 bits per heavy atom. The molecule has 0 radical (unpaired) electrons. The van der Waals surface area contributed by atoms with Crippen LogP contribution >= 0.6 is 15.9 Å². The van der Waals surface area contributed by atoms with E-state index in [2.05, 4.69) is 26.0 Å². The highest BCUT2D eigenvalue weighted by molar-refractivity contribution is 9.08. The van der Waals surface area contributed by atoms with E-state index in [0.29, 0.717) is 10.9 Å². The highest BCUT2D eigenvalue weighted by atomic mass is 79.9. The summed E-state index contributed by atoms with van der Waals surface area (Å²) in [5.74, 6) is -0.752. The molecule has 0 bridgehead atoms. The second kappa shape index (κ2) is 6.27. The molecule has 0 aliphatic heterocycles. The van der Waals surface area contributed by atoms with Crippen molar-refractivity contribution in [1.29, 1.82) is 0 Å². The van der Waals surface area contributed by atoms with Crippen LogP contribution in [0.15, 0.2) is 24.3 Å². The summed E-state index contributed by atoms with van der Waals surface area (Å²) in [5.41, 5.74) is 1.53. The lowest BCUT2D eigenvalue weighted by Crippen LogP contribution is -2.30. The first kappa shape index (κ1) is 12.7. The summed E-state index contributed by atoms with van der Waals surface area (Å²) in [7, 11) is 1.28. The predicted molar refractivity (Wildman–Crippen MR) is 63.4 cm³/mol. The number of hydrogen-bond donors (Lipinski definition) is 1. The van der Waals surface area contributed by atoms with Crippen molar-refractivity contribution < 1.29 is 14.3 Å². The van der Waals surface area contributed by atoms with Crippen LogP contribution < -0.4 is 5.32 Å². The van der Waals surface area contributed by atoms with Gasteiger partial charge in [0.2, 0.25) is 0 Å². The van der Waals surface area contributed by atoms with Crippen LogP contribution in [0.5, 0.6) is 0 Å². The number of carbonyl (C=O) groups is 2. The number of amides is 1. The summed E-state index contributed by atoms with van der Waals surface area (Å²) in [6.07, 6.45) is 0. The van der Waals surface area contributed by atoms with Gasteiger partial charge in [0.1, 0.15) is 6.54 Å². The topological polar surface area (TPSA) is 55.4 Å². The second-order valence-electron chi connectivity index (χ2n) is 3.09. The van der Waals surface area contributed by atoms with Gasteiger partial charge < -0.3 is 10.1 Å². The molecule has 0 fully saturated rings. The van der Waals surface area contributed by atoms with Crippen molar-refractivity contribution in [3.8, 4) is 0 Å². The van der Waals surface area contributed by atoms with Crippen LogP contribution in [0.25, 0.3) is 0 Å².